The van der Waals surface area contributed by atoms with Gasteiger partial charge < -0.3 is 10.5 Å². The van der Waals surface area contributed by atoms with Gasteiger partial charge in [0.2, 0.25) is 0 Å². The van der Waals surface area contributed by atoms with E-state index in [0.717, 1.165) is 24.9 Å². The van der Waals surface area contributed by atoms with Crippen LogP contribution in [0.5, 0.6) is 5.75 Å². The molecule has 1 aromatic carbocycles. The van der Waals surface area contributed by atoms with E-state index in [1.807, 2.05) is 12.1 Å². The largest absolute Gasteiger partial charge is 0.497 e. The molecular formula is C17H27N3O. The predicted molar refractivity (Wildman–Crippen MR) is 85.6 cm³/mol. The second-order valence-electron chi connectivity index (χ2n) is 6.34. The number of benzene rings is 1. The molecule has 1 aliphatic heterocycles. The fourth-order valence-electron chi connectivity index (χ4n) is 3.28. The second-order valence-corrected chi connectivity index (χ2v) is 6.34. The van der Waals surface area contributed by atoms with E-state index in [4.69, 9.17) is 10.5 Å². The summed E-state index contributed by atoms with van der Waals surface area (Å²) in [6, 6.07) is 9.47. The van der Waals surface area contributed by atoms with Crippen LogP contribution in [0.2, 0.25) is 0 Å². The Morgan fingerprint density at radius 1 is 1.10 bits per heavy atom. The molecule has 0 radical (unpaired) electrons. The van der Waals surface area contributed by atoms with Crippen LogP contribution >= 0.6 is 0 Å². The average molecular weight is 289 g/mol. The van der Waals surface area contributed by atoms with Crippen LogP contribution in [0.25, 0.3) is 0 Å². The van der Waals surface area contributed by atoms with Gasteiger partial charge in [-0.25, -0.2) is 0 Å². The molecule has 0 bridgehead atoms. The highest BCUT2D eigenvalue weighted by atomic mass is 16.5. The van der Waals surface area contributed by atoms with E-state index in [0.29, 0.717) is 6.04 Å². The third-order valence-corrected chi connectivity index (χ3v) is 5.01. The molecule has 2 fully saturated rings. The van der Waals surface area contributed by atoms with Gasteiger partial charge in [-0.1, -0.05) is 12.1 Å². The molecule has 0 aromatic heterocycles. The number of hydrogen-bond donors (Lipinski definition) is 1. The number of nitrogens with zero attached hydrogens (tertiary/aromatic N) is 2. The maximum atomic E-state index is 6.47. The molecule has 1 saturated carbocycles. The van der Waals surface area contributed by atoms with E-state index in [-0.39, 0.29) is 6.04 Å². The summed E-state index contributed by atoms with van der Waals surface area (Å²) in [6.07, 6.45) is 2.81. The summed E-state index contributed by atoms with van der Waals surface area (Å²) in [4.78, 5) is 5.18. The van der Waals surface area contributed by atoms with Crippen LogP contribution in [0.15, 0.2) is 24.3 Å². The van der Waals surface area contributed by atoms with Crippen molar-refractivity contribution in [2.24, 2.45) is 5.73 Å². The van der Waals surface area contributed by atoms with Crippen LogP contribution in [-0.4, -0.2) is 55.2 Å². The van der Waals surface area contributed by atoms with Crippen molar-refractivity contribution in [1.29, 1.82) is 0 Å². The molecule has 4 nitrogen and oxygen atoms in total. The van der Waals surface area contributed by atoms with Gasteiger partial charge in [-0.15, -0.1) is 0 Å². The third-order valence-electron chi connectivity index (χ3n) is 5.01. The van der Waals surface area contributed by atoms with Gasteiger partial charge in [0.15, 0.2) is 0 Å². The Hall–Kier alpha value is -1.10. The molecule has 0 spiro atoms. The van der Waals surface area contributed by atoms with Crippen molar-refractivity contribution in [3.05, 3.63) is 29.8 Å². The number of ether oxygens (including phenoxy) is 1. The van der Waals surface area contributed by atoms with Crippen LogP contribution in [0.3, 0.4) is 0 Å². The molecule has 3 rings (SSSR count). The Morgan fingerprint density at radius 3 is 2.24 bits per heavy atom. The zero-order valence-corrected chi connectivity index (χ0v) is 13.2. The third kappa shape index (κ3) is 3.39. The highest BCUT2D eigenvalue weighted by Gasteiger charge is 2.33. The number of nitrogens with two attached hydrogens (primary N) is 1. The first-order valence-electron chi connectivity index (χ1n) is 8.06. The smallest absolute Gasteiger partial charge is 0.118 e. The monoisotopic (exact) mass is 289 g/mol. The molecule has 2 unspecified atom stereocenters. The van der Waals surface area contributed by atoms with E-state index >= 15 is 0 Å². The van der Waals surface area contributed by atoms with Crippen molar-refractivity contribution in [2.75, 3.05) is 33.3 Å². The van der Waals surface area contributed by atoms with Crippen LogP contribution in [-0.2, 0) is 0 Å². The Bertz CT molecular complexity index is 450. The minimum atomic E-state index is 0.0587. The Labute approximate surface area is 127 Å². The number of piperazine rings is 1. The summed E-state index contributed by atoms with van der Waals surface area (Å²) in [5.74, 6) is 0.886. The molecule has 2 atom stereocenters. The summed E-state index contributed by atoms with van der Waals surface area (Å²) >= 11 is 0. The fourth-order valence-corrected chi connectivity index (χ4v) is 3.28. The molecule has 1 saturated heterocycles. The number of methoxy groups -OCH3 is 1. The summed E-state index contributed by atoms with van der Waals surface area (Å²) in [5.41, 5.74) is 7.66. The first-order chi connectivity index (χ1) is 10.2. The van der Waals surface area contributed by atoms with Gasteiger partial charge in [0.05, 0.1) is 7.11 Å². The zero-order chi connectivity index (χ0) is 14.8. The topological polar surface area (TPSA) is 41.7 Å². The van der Waals surface area contributed by atoms with Crippen molar-refractivity contribution in [2.45, 2.75) is 37.9 Å². The van der Waals surface area contributed by atoms with E-state index in [9.17, 15) is 0 Å². The summed E-state index contributed by atoms with van der Waals surface area (Å²) in [5, 5.41) is 0. The lowest BCUT2D eigenvalue weighted by atomic mass is 9.99. The molecule has 0 amide bonds. The maximum absolute atomic E-state index is 6.47. The zero-order valence-electron chi connectivity index (χ0n) is 13.2. The van der Waals surface area contributed by atoms with Gasteiger partial charge in [-0.2, -0.15) is 0 Å². The van der Waals surface area contributed by atoms with Crippen molar-refractivity contribution in [1.82, 2.24) is 9.80 Å². The Balaban J connectivity index is 1.57. The standard InChI is InChI=1S/C17H27N3O/c1-13(17(18)14-3-7-16(21-2)8-4-14)19-9-11-20(12-10-19)15-5-6-15/h3-4,7-8,13,15,17H,5-6,9-12,18H2,1-2H3. The molecule has 2 N–H and O–H groups in total. The number of hydrogen-bond acceptors (Lipinski definition) is 4. The van der Waals surface area contributed by atoms with Crippen LogP contribution in [0.4, 0.5) is 0 Å². The van der Waals surface area contributed by atoms with Crippen molar-refractivity contribution in [3.8, 4) is 5.75 Å². The molecule has 1 aliphatic carbocycles. The van der Waals surface area contributed by atoms with Crippen LogP contribution < -0.4 is 10.5 Å². The maximum Gasteiger partial charge on any atom is 0.118 e. The summed E-state index contributed by atoms with van der Waals surface area (Å²) < 4.78 is 5.21. The highest BCUT2D eigenvalue weighted by molar-refractivity contribution is 5.29. The molecular weight excluding hydrogens is 262 g/mol. The van der Waals surface area contributed by atoms with Crippen molar-refractivity contribution < 1.29 is 4.74 Å². The molecule has 4 heteroatoms. The van der Waals surface area contributed by atoms with Gasteiger partial charge in [-0.3, -0.25) is 9.80 Å². The fraction of sp³-hybridized carbons (Fsp3) is 0.647. The normalized spacial score (nSPS) is 23.8. The van der Waals surface area contributed by atoms with Crippen LogP contribution in [0, 0.1) is 0 Å². The number of rotatable bonds is 5. The molecule has 2 aliphatic rings. The Morgan fingerprint density at radius 2 is 1.71 bits per heavy atom. The predicted octanol–water partition coefficient (Wildman–Crippen LogP) is 1.86. The summed E-state index contributed by atoms with van der Waals surface area (Å²) in [7, 11) is 1.69. The van der Waals surface area contributed by atoms with Crippen molar-refractivity contribution >= 4 is 0 Å². The van der Waals surface area contributed by atoms with Gasteiger partial charge in [0, 0.05) is 44.3 Å². The minimum absolute atomic E-state index is 0.0587. The first kappa shape index (κ1) is 14.8. The lowest BCUT2D eigenvalue weighted by molar-refractivity contribution is 0.0875. The van der Waals surface area contributed by atoms with Gasteiger partial charge in [0.25, 0.3) is 0 Å². The summed E-state index contributed by atoms with van der Waals surface area (Å²) in [6.45, 7) is 6.93. The quantitative estimate of drug-likeness (QED) is 0.898. The molecule has 1 heterocycles. The van der Waals surface area contributed by atoms with E-state index in [2.05, 4.69) is 28.9 Å². The lowest BCUT2D eigenvalue weighted by Gasteiger charge is -2.40. The molecule has 1 aromatic rings. The lowest BCUT2D eigenvalue weighted by Crippen LogP contribution is -2.52. The highest BCUT2D eigenvalue weighted by Crippen LogP contribution is 2.28. The average Bonchev–Trinajstić information content (AvgIpc) is 3.39. The SMILES string of the molecule is COc1ccc(C(N)C(C)N2CCN(C3CC3)CC2)cc1. The van der Waals surface area contributed by atoms with Gasteiger partial charge >= 0.3 is 0 Å². The van der Waals surface area contributed by atoms with Crippen LogP contribution in [0.1, 0.15) is 31.4 Å². The second kappa shape index (κ2) is 6.34. The first-order valence-corrected chi connectivity index (χ1v) is 8.06. The van der Waals surface area contributed by atoms with Gasteiger partial charge in [0.1, 0.15) is 5.75 Å². The van der Waals surface area contributed by atoms with E-state index < -0.39 is 0 Å². The molecule has 116 valence electrons. The van der Waals surface area contributed by atoms with E-state index in [1.165, 1.54) is 31.5 Å². The minimum Gasteiger partial charge on any atom is -0.497 e. The van der Waals surface area contributed by atoms with E-state index in [1.54, 1.807) is 7.11 Å². The molecule has 21 heavy (non-hydrogen) atoms. The van der Waals surface area contributed by atoms with Crippen molar-refractivity contribution in [3.63, 3.8) is 0 Å². The Kier molecular flexibility index (Phi) is 4.48. The van der Waals surface area contributed by atoms with Gasteiger partial charge in [-0.05, 0) is 37.5 Å².